The van der Waals surface area contributed by atoms with Gasteiger partial charge in [-0.25, -0.2) is 0 Å². The van der Waals surface area contributed by atoms with E-state index in [1.807, 2.05) is 18.3 Å². The van der Waals surface area contributed by atoms with Crippen molar-refractivity contribution >= 4 is 11.5 Å². The van der Waals surface area contributed by atoms with Crippen molar-refractivity contribution in [3.05, 3.63) is 48.2 Å². The maximum absolute atomic E-state index is 5.60. The number of methoxy groups -OCH3 is 3. The van der Waals surface area contributed by atoms with Crippen LogP contribution in [0.4, 0.5) is 0 Å². The van der Waals surface area contributed by atoms with E-state index in [1.54, 1.807) is 21.3 Å². The molecule has 0 spiro atoms. The first-order chi connectivity index (χ1) is 12.7. The number of benzene rings is 2. The molecule has 0 N–H and O–H groups in total. The van der Waals surface area contributed by atoms with Crippen LogP contribution in [0.1, 0.15) is 18.9 Å². The number of rotatable bonds is 7. The molecule has 0 aliphatic heterocycles. The minimum absolute atomic E-state index is 0.642. The van der Waals surface area contributed by atoms with Gasteiger partial charge in [0.05, 0.1) is 26.2 Å². The second-order valence-electron chi connectivity index (χ2n) is 5.92. The molecule has 3 rings (SSSR count). The lowest BCUT2D eigenvalue weighted by Gasteiger charge is -2.14. The molecule has 5 heteroatoms. The van der Waals surface area contributed by atoms with Crippen LogP contribution in [-0.4, -0.2) is 25.7 Å². The van der Waals surface area contributed by atoms with Gasteiger partial charge < -0.3 is 14.2 Å². The Morgan fingerprint density at radius 3 is 2.12 bits per heavy atom. The molecule has 26 heavy (non-hydrogen) atoms. The van der Waals surface area contributed by atoms with Crippen molar-refractivity contribution in [3.63, 3.8) is 0 Å². The third-order valence-corrected chi connectivity index (χ3v) is 5.16. The Morgan fingerprint density at radius 2 is 1.50 bits per heavy atom. The summed E-state index contributed by atoms with van der Waals surface area (Å²) in [5, 5.41) is 0. The largest absolute Gasteiger partial charge is 0.496 e. The van der Waals surface area contributed by atoms with Crippen LogP contribution in [0, 0.1) is 0 Å². The molecule has 0 aliphatic rings. The summed E-state index contributed by atoms with van der Waals surface area (Å²) in [6, 6.07) is 12.5. The van der Waals surface area contributed by atoms with Crippen LogP contribution in [0.3, 0.4) is 0 Å². The molecule has 0 unspecified atom stereocenters. The highest BCUT2D eigenvalue weighted by atomic mass is 32.1. The van der Waals surface area contributed by atoms with Crippen molar-refractivity contribution in [1.82, 2.24) is 4.37 Å². The quantitative estimate of drug-likeness (QED) is 0.555. The van der Waals surface area contributed by atoms with Gasteiger partial charge in [-0.05, 0) is 35.1 Å². The van der Waals surface area contributed by atoms with Crippen LogP contribution in [-0.2, 0) is 6.42 Å². The SMILES string of the molecule is CCCc1ccc(-c2cnsc2-c2cc(OC)c(OC)cc2OC)cc1. The second-order valence-corrected chi connectivity index (χ2v) is 6.72. The van der Waals surface area contributed by atoms with Gasteiger partial charge in [0.25, 0.3) is 0 Å². The summed E-state index contributed by atoms with van der Waals surface area (Å²) in [6.45, 7) is 2.19. The van der Waals surface area contributed by atoms with Crippen molar-refractivity contribution in [2.45, 2.75) is 19.8 Å². The summed E-state index contributed by atoms with van der Waals surface area (Å²) < 4.78 is 20.9. The summed E-state index contributed by atoms with van der Waals surface area (Å²) in [4.78, 5) is 1.05. The van der Waals surface area contributed by atoms with E-state index in [0.29, 0.717) is 11.5 Å². The molecule has 4 nitrogen and oxygen atoms in total. The predicted octanol–water partition coefficient (Wildman–Crippen LogP) is 5.46. The molecule has 0 amide bonds. The molecule has 0 saturated heterocycles. The van der Waals surface area contributed by atoms with E-state index in [4.69, 9.17) is 14.2 Å². The Kier molecular flexibility index (Phi) is 5.78. The van der Waals surface area contributed by atoms with Gasteiger partial charge in [-0.15, -0.1) is 0 Å². The molecular weight excluding hydrogens is 346 g/mol. The Hall–Kier alpha value is -2.53. The van der Waals surface area contributed by atoms with Gasteiger partial charge >= 0.3 is 0 Å². The zero-order chi connectivity index (χ0) is 18.5. The van der Waals surface area contributed by atoms with Gasteiger partial charge in [-0.2, -0.15) is 4.37 Å². The van der Waals surface area contributed by atoms with Crippen LogP contribution >= 0.6 is 11.5 Å². The lowest BCUT2D eigenvalue weighted by atomic mass is 10.00. The third-order valence-electron chi connectivity index (χ3n) is 4.32. The van der Waals surface area contributed by atoms with Crippen molar-refractivity contribution in [2.24, 2.45) is 0 Å². The Morgan fingerprint density at radius 1 is 0.846 bits per heavy atom. The zero-order valence-electron chi connectivity index (χ0n) is 15.5. The first kappa shape index (κ1) is 18.3. The smallest absolute Gasteiger partial charge is 0.164 e. The van der Waals surface area contributed by atoms with Crippen LogP contribution in [0.5, 0.6) is 17.2 Å². The lowest BCUT2D eigenvalue weighted by Crippen LogP contribution is -1.94. The number of aryl methyl sites for hydroxylation is 1. The molecule has 0 saturated carbocycles. The van der Waals surface area contributed by atoms with E-state index in [2.05, 4.69) is 35.6 Å². The van der Waals surface area contributed by atoms with Crippen molar-refractivity contribution in [2.75, 3.05) is 21.3 Å². The molecule has 0 atom stereocenters. The van der Waals surface area contributed by atoms with Crippen LogP contribution in [0.15, 0.2) is 42.6 Å². The fraction of sp³-hybridized carbons (Fsp3) is 0.286. The van der Waals surface area contributed by atoms with E-state index in [1.165, 1.54) is 17.1 Å². The van der Waals surface area contributed by atoms with Crippen LogP contribution in [0.25, 0.3) is 21.6 Å². The Balaban J connectivity index is 2.08. The zero-order valence-corrected chi connectivity index (χ0v) is 16.4. The number of hydrogen-bond acceptors (Lipinski definition) is 5. The summed E-state index contributed by atoms with van der Waals surface area (Å²) in [5.74, 6) is 2.04. The van der Waals surface area contributed by atoms with Gasteiger partial charge in [0.15, 0.2) is 11.5 Å². The predicted molar refractivity (Wildman–Crippen MR) is 107 cm³/mol. The molecule has 0 bridgehead atoms. The number of hydrogen-bond donors (Lipinski definition) is 0. The average Bonchev–Trinajstić information content (AvgIpc) is 3.17. The van der Waals surface area contributed by atoms with Crippen molar-refractivity contribution in [1.29, 1.82) is 0 Å². The molecule has 136 valence electrons. The summed E-state index contributed by atoms with van der Waals surface area (Å²) >= 11 is 1.45. The van der Waals surface area contributed by atoms with Crippen molar-refractivity contribution < 1.29 is 14.2 Å². The topological polar surface area (TPSA) is 40.6 Å². The maximum atomic E-state index is 5.60. The first-order valence-electron chi connectivity index (χ1n) is 8.56. The molecular formula is C21H23NO3S. The number of ether oxygens (including phenoxy) is 3. The fourth-order valence-electron chi connectivity index (χ4n) is 2.99. The van der Waals surface area contributed by atoms with Gasteiger partial charge in [0.2, 0.25) is 0 Å². The van der Waals surface area contributed by atoms with E-state index in [0.717, 1.165) is 40.2 Å². The molecule has 0 radical (unpaired) electrons. The number of aromatic nitrogens is 1. The first-order valence-corrected chi connectivity index (χ1v) is 9.33. The van der Waals surface area contributed by atoms with Crippen molar-refractivity contribution in [3.8, 4) is 38.8 Å². The highest BCUT2D eigenvalue weighted by molar-refractivity contribution is 7.10. The normalized spacial score (nSPS) is 10.6. The fourth-order valence-corrected chi connectivity index (χ4v) is 3.78. The summed E-state index contributed by atoms with van der Waals surface area (Å²) in [7, 11) is 4.91. The van der Waals surface area contributed by atoms with E-state index in [-0.39, 0.29) is 0 Å². The lowest BCUT2D eigenvalue weighted by molar-refractivity contribution is 0.349. The van der Waals surface area contributed by atoms with Gasteiger partial charge in [0, 0.05) is 23.4 Å². The van der Waals surface area contributed by atoms with E-state index < -0.39 is 0 Å². The standard InChI is InChI=1S/C21H23NO3S/c1-5-6-14-7-9-15(10-8-14)17-13-22-26-21(17)16-11-19(24-3)20(25-4)12-18(16)23-2/h7-13H,5-6H2,1-4H3. The maximum Gasteiger partial charge on any atom is 0.164 e. The van der Waals surface area contributed by atoms with E-state index >= 15 is 0 Å². The molecule has 3 aromatic rings. The Bertz CT molecular complexity index is 871. The third kappa shape index (κ3) is 3.53. The minimum Gasteiger partial charge on any atom is -0.496 e. The highest BCUT2D eigenvalue weighted by Crippen LogP contribution is 2.44. The highest BCUT2D eigenvalue weighted by Gasteiger charge is 2.18. The Labute approximate surface area is 158 Å². The molecule has 1 aromatic heterocycles. The monoisotopic (exact) mass is 369 g/mol. The van der Waals surface area contributed by atoms with Gasteiger partial charge in [0.1, 0.15) is 5.75 Å². The minimum atomic E-state index is 0.642. The summed E-state index contributed by atoms with van der Waals surface area (Å²) in [5.41, 5.74) is 4.53. The second kappa shape index (κ2) is 8.23. The number of nitrogens with zero attached hydrogens (tertiary/aromatic N) is 1. The summed E-state index contributed by atoms with van der Waals surface area (Å²) in [6.07, 6.45) is 4.15. The van der Waals surface area contributed by atoms with E-state index in [9.17, 15) is 0 Å². The molecule has 0 fully saturated rings. The van der Waals surface area contributed by atoms with Crippen LogP contribution in [0.2, 0.25) is 0 Å². The van der Waals surface area contributed by atoms with Gasteiger partial charge in [-0.1, -0.05) is 37.6 Å². The molecule has 2 aromatic carbocycles. The molecule has 0 aliphatic carbocycles. The molecule has 1 heterocycles. The van der Waals surface area contributed by atoms with Crippen LogP contribution < -0.4 is 14.2 Å². The average molecular weight is 369 g/mol. The van der Waals surface area contributed by atoms with Gasteiger partial charge in [-0.3, -0.25) is 0 Å².